The second-order valence-corrected chi connectivity index (χ2v) is 6.09. The standard InChI is InChI=1S/C14H22ClIN2/c1-4-18(5-2)10-11(3)17-9-12-6-7-14(16)13(15)8-12/h6-8,11,17H,4-5,9-10H2,1-3H3. The molecule has 0 aromatic heterocycles. The van der Waals surface area contributed by atoms with Gasteiger partial charge in [-0.15, -0.1) is 0 Å². The molecule has 2 nitrogen and oxygen atoms in total. The molecule has 1 aromatic rings. The molecule has 0 aliphatic rings. The third-order valence-electron chi connectivity index (χ3n) is 3.07. The van der Waals surface area contributed by atoms with E-state index < -0.39 is 0 Å². The Morgan fingerprint density at radius 3 is 2.56 bits per heavy atom. The number of rotatable bonds is 7. The maximum absolute atomic E-state index is 6.11. The number of nitrogens with one attached hydrogen (secondary N) is 1. The zero-order valence-electron chi connectivity index (χ0n) is 11.3. The van der Waals surface area contributed by atoms with E-state index in [0.29, 0.717) is 6.04 Å². The van der Waals surface area contributed by atoms with Crippen LogP contribution in [0.2, 0.25) is 5.02 Å². The predicted octanol–water partition coefficient (Wildman–Crippen LogP) is 3.76. The van der Waals surface area contributed by atoms with Gasteiger partial charge in [-0.2, -0.15) is 0 Å². The van der Waals surface area contributed by atoms with Gasteiger partial charge < -0.3 is 10.2 Å². The summed E-state index contributed by atoms with van der Waals surface area (Å²) in [6, 6.07) is 6.73. The Kier molecular flexibility index (Phi) is 7.53. The molecule has 1 atom stereocenters. The van der Waals surface area contributed by atoms with Crippen molar-refractivity contribution in [3.63, 3.8) is 0 Å². The lowest BCUT2D eigenvalue weighted by Crippen LogP contribution is -2.38. The van der Waals surface area contributed by atoms with Crippen molar-refractivity contribution < 1.29 is 0 Å². The fraction of sp³-hybridized carbons (Fsp3) is 0.571. The van der Waals surface area contributed by atoms with E-state index in [2.05, 4.69) is 65.7 Å². The Morgan fingerprint density at radius 1 is 1.33 bits per heavy atom. The molecule has 0 heterocycles. The molecule has 0 saturated heterocycles. The first-order chi connectivity index (χ1) is 8.56. The summed E-state index contributed by atoms with van der Waals surface area (Å²) in [6.45, 7) is 10.8. The van der Waals surface area contributed by atoms with Crippen LogP contribution < -0.4 is 5.32 Å². The Balaban J connectivity index is 2.42. The first kappa shape index (κ1) is 16.2. The molecular weight excluding hydrogens is 359 g/mol. The molecule has 0 aliphatic carbocycles. The molecule has 0 spiro atoms. The number of hydrogen-bond donors (Lipinski definition) is 1. The largest absolute Gasteiger partial charge is 0.309 e. The van der Waals surface area contributed by atoms with Crippen molar-refractivity contribution in [2.75, 3.05) is 19.6 Å². The minimum Gasteiger partial charge on any atom is -0.309 e. The molecule has 1 unspecified atom stereocenters. The fourth-order valence-electron chi connectivity index (χ4n) is 1.88. The third-order valence-corrected chi connectivity index (χ3v) is 4.64. The molecular formula is C14H22ClIN2. The average molecular weight is 381 g/mol. The van der Waals surface area contributed by atoms with Crippen molar-refractivity contribution in [3.8, 4) is 0 Å². The third kappa shape index (κ3) is 5.43. The van der Waals surface area contributed by atoms with Gasteiger partial charge in [-0.05, 0) is 60.3 Å². The van der Waals surface area contributed by atoms with Gasteiger partial charge in [0.2, 0.25) is 0 Å². The van der Waals surface area contributed by atoms with E-state index in [-0.39, 0.29) is 0 Å². The SMILES string of the molecule is CCN(CC)CC(C)NCc1ccc(I)c(Cl)c1. The van der Waals surface area contributed by atoms with Crippen LogP contribution in [0.4, 0.5) is 0 Å². The van der Waals surface area contributed by atoms with Crippen molar-refractivity contribution in [1.29, 1.82) is 0 Å². The van der Waals surface area contributed by atoms with Crippen LogP contribution in [0.3, 0.4) is 0 Å². The number of likely N-dealkylation sites (N-methyl/N-ethyl adjacent to an activating group) is 1. The number of benzene rings is 1. The van der Waals surface area contributed by atoms with Crippen molar-refractivity contribution >= 4 is 34.2 Å². The van der Waals surface area contributed by atoms with Gasteiger partial charge in [0, 0.05) is 22.7 Å². The number of halogens is 2. The molecule has 0 radical (unpaired) electrons. The Bertz CT molecular complexity index is 367. The zero-order valence-corrected chi connectivity index (χ0v) is 14.3. The topological polar surface area (TPSA) is 15.3 Å². The summed E-state index contributed by atoms with van der Waals surface area (Å²) < 4.78 is 1.11. The molecule has 1 N–H and O–H groups in total. The van der Waals surface area contributed by atoms with Gasteiger partial charge in [-0.1, -0.05) is 31.5 Å². The van der Waals surface area contributed by atoms with Gasteiger partial charge in [0.1, 0.15) is 0 Å². The normalized spacial score (nSPS) is 13.0. The average Bonchev–Trinajstić information content (AvgIpc) is 2.37. The highest BCUT2D eigenvalue weighted by Gasteiger charge is 2.07. The van der Waals surface area contributed by atoms with Gasteiger partial charge in [0.05, 0.1) is 5.02 Å². The monoisotopic (exact) mass is 380 g/mol. The first-order valence-corrected chi connectivity index (χ1v) is 7.92. The van der Waals surface area contributed by atoms with Crippen molar-refractivity contribution in [1.82, 2.24) is 10.2 Å². The molecule has 0 fully saturated rings. The fourth-order valence-corrected chi connectivity index (χ4v) is 2.41. The van der Waals surface area contributed by atoms with Crippen LogP contribution in [0.25, 0.3) is 0 Å². The Morgan fingerprint density at radius 2 is 2.00 bits per heavy atom. The van der Waals surface area contributed by atoms with E-state index in [0.717, 1.165) is 34.8 Å². The molecule has 0 saturated carbocycles. The van der Waals surface area contributed by atoms with E-state index in [1.807, 2.05) is 6.07 Å². The van der Waals surface area contributed by atoms with Crippen LogP contribution in [0.15, 0.2) is 18.2 Å². The Labute approximate surface area is 129 Å². The second kappa shape index (κ2) is 8.35. The van der Waals surface area contributed by atoms with Crippen LogP contribution in [0, 0.1) is 3.57 Å². The maximum atomic E-state index is 6.11. The molecule has 102 valence electrons. The molecule has 1 aromatic carbocycles. The van der Waals surface area contributed by atoms with E-state index in [9.17, 15) is 0 Å². The van der Waals surface area contributed by atoms with Gasteiger partial charge in [-0.3, -0.25) is 0 Å². The van der Waals surface area contributed by atoms with Crippen LogP contribution in [-0.2, 0) is 6.54 Å². The predicted molar refractivity (Wildman–Crippen MR) is 88.3 cm³/mol. The summed E-state index contributed by atoms with van der Waals surface area (Å²) in [5.41, 5.74) is 1.24. The summed E-state index contributed by atoms with van der Waals surface area (Å²) in [4.78, 5) is 2.43. The lowest BCUT2D eigenvalue weighted by molar-refractivity contribution is 0.270. The van der Waals surface area contributed by atoms with Gasteiger partial charge in [0.15, 0.2) is 0 Å². The zero-order chi connectivity index (χ0) is 13.5. The van der Waals surface area contributed by atoms with Crippen LogP contribution in [0.5, 0.6) is 0 Å². The highest BCUT2D eigenvalue weighted by atomic mass is 127. The lowest BCUT2D eigenvalue weighted by Gasteiger charge is -2.23. The summed E-state index contributed by atoms with van der Waals surface area (Å²) in [7, 11) is 0. The van der Waals surface area contributed by atoms with Crippen LogP contribution >= 0.6 is 34.2 Å². The summed E-state index contributed by atoms with van der Waals surface area (Å²) >= 11 is 8.36. The minimum atomic E-state index is 0.489. The summed E-state index contributed by atoms with van der Waals surface area (Å²) in [5, 5.41) is 4.38. The summed E-state index contributed by atoms with van der Waals surface area (Å²) in [6.07, 6.45) is 0. The lowest BCUT2D eigenvalue weighted by atomic mass is 10.2. The van der Waals surface area contributed by atoms with Crippen LogP contribution in [0.1, 0.15) is 26.3 Å². The quantitative estimate of drug-likeness (QED) is 0.725. The smallest absolute Gasteiger partial charge is 0.0542 e. The molecule has 4 heteroatoms. The molecule has 18 heavy (non-hydrogen) atoms. The van der Waals surface area contributed by atoms with Gasteiger partial charge >= 0.3 is 0 Å². The molecule has 0 amide bonds. The highest BCUT2D eigenvalue weighted by molar-refractivity contribution is 14.1. The highest BCUT2D eigenvalue weighted by Crippen LogP contribution is 2.19. The number of hydrogen-bond acceptors (Lipinski definition) is 2. The number of nitrogens with zero attached hydrogens (tertiary/aromatic N) is 1. The minimum absolute atomic E-state index is 0.489. The molecule has 1 rings (SSSR count). The Hall–Kier alpha value is 0.160. The van der Waals surface area contributed by atoms with E-state index in [4.69, 9.17) is 11.6 Å². The van der Waals surface area contributed by atoms with E-state index in [1.54, 1.807) is 0 Å². The van der Waals surface area contributed by atoms with Crippen molar-refractivity contribution in [3.05, 3.63) is 32.4 Å². The second-order valence-electron chi connectivity index (χ2n) is 4.52. The van der Waals surface area contributed by atoms with E-state index in [1.165, 1.54) is 5.56 Å². The first-order valence-electron chi connectivity index (χ1n) is 6.46. The summed E-state index contributed by atoms with van der Waals surface area (Å²) in [5.74, 6) is 0. The van der Waals surface area contributed by atoms with Crippen molar-refractivity contribution in [2.24, 2.45) is 0 Å². The molecule has 0 aliphatic heterocycles. The van der Waals surface area contributed by atoms with E-state index >= 15 is 0 Å². The van der Waals surface area contributed by atoms with Gasteiger partial charge in [0.25, 0.3) is 0 Å². The van der Waals surface area contributed by atoms with Gasteiger partial charge in [-0.25, -0.2) is 0 Å². The molecule has 0 bridgehead atoms. The maximum Gasteiger partial charge on any atom is 0.0542 e. The van der Waals surface area contributed by atoms with Crippen LogP contribution in [-0.4, -0.2) is 30.6 Å². The van der Waals surface area contributed by atoms with Crippen molar-refractivity contribution in [2.45, 2.75) is 33.4 Å².